The van der Waals surface area contributed by atoms with Crippen molar-refractivity contribution in [3.63, 3.8) is 0 Å². The highest BCUT2D eigenvalue weighted by Crippen LogP contribution is 2.32. The Hall–Kier alpha value is -2.07. The lowest BCUT2D eigenvalue weighted by Gasteiger charge is -2.37. The van der Waals surface area contributed by atoms with Crippen molar-refractivity contribution in [2.45, 2.75) is 37.3 Å². The first-order chi connectivity index (χ1) is 14.6. The van der Waals surface area contributed by atoms with E-state index in [4.69, 9.17) is 18.9 Å². The van der Waals surface area contributed by atoms with E-state index >= 15 is 0 Å². The summed E-state index contributed by atoms with van der Waals surface area (Å²) >= 11 is 0. The lowest BCUT2D eigenvalue weighted by atomic mass is 10.0. The number of nitrogens with zero attached hydrogens (tertiary/aromatic N) is 3. The zero-order valence-corrected chi connectivity index (χ0v) is 17.0. The normalized spacial score (nSPS) is 25.2. The molecule has 162 valence electrons. The molecule has 0 aliphatic carbocycles. The molecule has 4 aliphatic rings. The fraction of sp³-hybridized carbons (Fsp3) is 0.667. The average molecular weight is 417 g/mol. The predicted octanol–water partition coefficient (Wildman–Crippen LogP) is 1.04. The van der Waals surface area contributed by atoms with E-state index in [0.29, 0.717) is 89.7 Å². The first-order valence-electron chi connectivity index (χ1n) is 10.7. The standard InChI is InChI=1S/C21H27N3O6/c25-18(23-8-4-20(5-9-23)27-12-13-28-20)16-2-1-3-17(22-16)19(26)24-10-6-21(7-11-24)29-14-15-30-21/h1-3H,4-15H2. The van der Waals surface area contributed by atoms with E-state index in [-0.39, 0.29) is 11.8 Å². The molecule has 9 nitrogen and oxygen atoms in total. The van der Waals surface area contributed by atoms with Gasteiger partial charge in [-0.2, -0.15) is 0 Å². The van der Waals surface area contributed by atoms with Crippen molar-refractivity contribution in [2.75, 3.05) is 52.6 Å². The fourth-order valence-corrected chi connectivity index (χ4v) is 4.67. The number of rotatable bonds is 2. The van der Waals surface area contributed by atoms with E-state index in [1.165, 1.54) is 0 Å². The molecule has 30 heavy (non-hydrogen) atoms. The summed E-state index contributed by atoms with van der Waals surface area (Å²) < 4.78 is 22.9. The van der Waals surface area contributed by atoms with Crippen LogP contribution in [0, 0.1) is 0 Å². The van der Waals surface area contributed by atoms with Crippen LogP contribution in [0.25, 0.3) is 0 Å². The van der Waals surface area contributed by atoms with Crippen LogP contribution >= 0.6 is 0 Å². The minimum Gasteiger partial charge on any atom is -0.347 e. The number of carbonyl (C=O) groups is 2. The minimum absolute atomic E-state index is 0.164. The summed E-state index contributed by atoms with van der Waals surface area (Å²) in [5.74, 6) is -1.38. The maximum absolute atomic E-state index is 12.9. The van der Waals surface area contributed by atoms with Gasteiger partial charge in [0.2, 0.25) is 0 Å². The van der Waals surface area contributed by atoms with Crippen LogP contribution in [0.3, 0.4) is 0 Å². The molecule has 0 aromatic carbocycles. The molecular formula is C21H27N3O6. The van der Waals surface area contributed by atoms with Gasteiger partial charge in [-0.25, -0.2) is 4.98 Å². The van der Waals surface area contributed by atoms with Crippen molar-refractivity contribution < 1.29 is 28.5 Å². The van der Waals surface area contributed by atoms with Crippen LogP contribution in [0.5, 0.6) is 0 Å². The van der Waals surface area contributed by atoms with E-state index < -0.39 is 11.6 Å². The van der Waals surface area contributed by atoms with Crippen molar-refractivity contribution in [3.05, 3.63) is 29.6 Å². The van der Waals surface area contributed by atoms with Gasteiger partial charge >= 0.3 is 0 Å². The second-order valence-electron chi connectivity index (χ2n) is 8.21. The number of likely N-dealkylation sites (tertiary alicyclic amines) is 2. The number of amides is 2. The molecule has 0 atom stereocenters. The maximum atomic E-state index is 12.9. The monoisotopic (exact) mass is 417 g/mol. The van der Waals surface area contributed by atoms with Crippen molar-refractivity contribution in [1.82, 2.24) is 14.8 Å². The van der Waals surface area contributed by atoms with Crippen molar-refractivity contribution in [3.8, 4) is 0 Å². The third-order valence-electron chi connectivity index (χ3n) is 6.44. The van der Waals surface area contributed by atoms with Crippen molar-refractivity contribution in [1.29, 1.82) is 0 Å². The number of ether oxygens (including phenoxy) is 4. The summed E-state index contributed by atoms with van der Waals surface area (Å²) in [5.41, 5.74) is 0.585. The number of hydrogen-bond donors (Lipinski definition) is 0. The van der Waals surface area contributed by atoms with Gasteiger partial charge in [-0.15, -0.1) is 0 Å². The Morgan fingerprint density at radius 2 is 1.07 bits per heavy atom. The lowest BCUT2D eigenvalue weighted by molar-refractivity contribution is -0.182. The quantitative estimate of drug-likeness (QED) is 0.710. The molecule has 0 unspecified atom stereocenters. The highest BCUT2D eigenvalue weighted by Gasteiger charge is 2.42. The summed E-state index contributed by atoms with van der Waals surface area (Å²) in [6, 6.07) is 5.05. The van der Waals surface area contributed by atoms with Crippen LogP contribution in [-0.4, -0.2) is 90.8 Å². The van der Waals surface area contributed by atoms with Gasteiger partial charge in [0.05, 0.1) is 26.4 Å². The van der Waals surface area contributed by atoms with Gasteiger partial charge in [0, 0.05) is 51.9 Å². The fourth-order valence-electron chi connectivity index (χ4n) is 4.67. The SMILES string of the molecule is O=C(c1cccc(C(=O)N2CCC3(CC2)OCCO3)n1)N1CCC2(CC1)OCCO2. The zero-order chi connectivity index (χ0) is 20.6. The average Bonchev–Trinajstić information content (AvgIpc) is 3.44. The molecule has 5 heterocycles. The molecule has 0 N–H and O–H groups in total. The van der Waals surface area contributed by atoms with Gasteiger partial charge in [0.15, 0.2) is 11.6 Å². The van der Waals surface area contributed by atoms with E-state index in [0.717, 1.165) is 0 Å². The van der Waals surface area contributed by atoms with Crippen LogP contribution in [0.15, 0.2) is 18.2 Å². The Morgan fingerprint density at radius 3 is 1.43 bits per heavy atom. The largest absolute Gasteiger partial charge is 0.347 e. The molecule has 0 bridgehead atoms. The Kier molecular flexibility index (Phi) is 5.22. The minimum atomic E-state index is -0.527. The number of hydrogen-bond acceptors (Lipinski definition) is 7. The van der Waals surface area contributed by atoms with Crippen molar-refractivity contribution in [2.24, 2.45) is 0 Å². The summed E-state index contributed by atoms with van der Waals surface area (Å²) in [7, 11) is 0. The third-order valence-corrected chi connectivity index (χ3v) is 6.44. The van der Waals surface area contributed by atoms with Gasteiger partial charge in [-0.05, 0) is 12.1 Å². The van der Waals surface area contributed by atoms with E-state index in [1.807, 2.05) is 0 Å². The van der Waals surface area contributed by atoms with Crippen molar-refractivity contribution >= 4 is 11.8 Å². The van der Waals surface area contributed by atoms with Gasteiger partial charge in [-0.1, -0.05) is 6.07 Å². The van der Waals surface area contributed by atoms with Crippen LogP contribution in [0.1, 0.15) is 46.7 Å². The molecule has 0 radical (unpaired) electrons. The Labute approximate surface area is 175 Å². The molecule has 2 spiro atoms. The number of aromatic nitrogens is 1. The molecule has 9 heteroatoms. The topological polar surface area (TPSA) is 90.4 Å². The van der Waals surface area contributed by atoms with Gasteiger partial charge in [-0.3, -0.25) is 9.59 Å². The highest BCUT2D eigenvalue weighted by molar-refractivity contribution is 5.96. The van der Waals surface area contributed by atoms with Gasteiger partial charge in [0.25, 0.3) is 11.8 Å². The second-order valence-corrected chi connectivity index (χ2v) is 8.21. The zero-order valence-electron chi connectivity index (χ0n) is 17.0. The first kappa shape index (κ1) is 19.9. The summed E-state index contributed by atoms with van der Waals surface area (Å²) in [6.07, 6.45) is 2.60. The summed E-state index contributed by atoms with van der Waals surface area (Å²) in [5, 5.41) is 0. The van der Waals surface area contributed by atoms with Gasteiger partial charge in [0.1, 0.15) is 11.4 Å². The maximum Gasteiger partial charge on any atom is 0.272 e. The Balaban J connectivity index is 1.22. The van der Waals surface area contributed by atoms with E-state index in [1.54, 1.807) is 28.0 Å². The van der Waals surface area contributed by atoms with Crippen LogP contribution in [0.2, 0.25) is 0 Å². The summed E-state index contributed by atoms with van der Waals surface area (Å²) in [6.45, 7) is 4.62. The second kappa shape index (κ2) is 7.88. The number of carbonyl (C=O) groups excluding carboxylic acids is 2. The number of piperidine rings is 2. The van der Waals surface area contributed by atoms with Gasteiger partial charge < -0.3 is 28.7 Å². The first-order valence-corrected chi connectivity index (χ1v) is 10.7. The Morgan fingerprint density at radius 1 is 0.700 bits per heavy atom. The van der Waals surface area contributed by atoms with E-state index in [2.05, 4.69) is 4.98 Å². The smallest absolute Gasteiger partial charge is 0.272 e. The van der Waals surface area contributed by atoms with Crippen LogP contribution < -0.4 is 0 Å². The number of pyridine rings is 1. The molecule has 4 aliphatic heterocycles. The third kappa shape index (κ3) is 3.71. The molecule has 5 rings (SSSR count). The lowest BCUT2D eigenvalue weighted by Crippen LogP contribution is -2.48. The van der Waals surface area contributed by atoms with Crippen LogP contribution in [-0.2, 0) is 18.9 Å². The molecule has 2 amide bonds. The molecule has 0 saturated carbocycles. The molecule has 1 aromatic rings. The van der Waals surface area contributed by atoms with Crippen LogP contribution in [0.4, 0.5) is 0 Å². The highest BCUT2D eigenvalue weighted by atomic mass is 16.7. The molecule has 4 saturated heterocycles. The summed E-state index contributed by atoms with van der Waals surface area (Å²) in [4.78, 5) is 33.8. The van der Waals surface area contributed by atoms with E-state index in [9.17, 15) is 9.59 Å². The molecule has 1 aromatic heterocycles. The molecule has 4 fully saturated rings. The Bertz CT molecular complexity index is 735. The predicted molar refractivity (Wildman–Crippen MR) is 104 cm³/mol. The molecular weight excluding hydrogens is 390 g/mol.